The first-order valence-electron chi connectivity index (χ1n) is 6.18. The van der Waals surface area contributed by atoms with Crippen molar-refractivity contribution in [1.82, 2.24) is 5.32 Å². The van der Waals surface area contributed by atoms with Crippen molar-refractivity contribution in [3.8, 4) is 0 Å². The highest BCUT2D eigenvalue weighted by atomic mass is 32.1. The summed E-state index contributed by atoms with van der Waals surface area (Å²) in [7, 11) is 0. The second-order valence-corrected chi connectivity index (χ2v) is 5.47. The van der Waals surface area contributed by atoms with Gasteiger partial charge in [0.25, 0.3) is 0 Å². The number of carboxylic acids is 1. The Bertz CT molecular complexity index is 349. The van der Waals surface area contributed by atoms with Gasteiger partial charge in [-0.15, -0.1) is 11.3 Å². The van der Waals surface area contributed by atoms with Gasteiger partial charge in [0.05, 0.1) is 6.42 Å². The van der Waals surface area contributed by atoms with E-state index in [0.29, 0.717) is 6.04 Å². The SMILES string of the molecule is CCCC(CC)NCc1ccc(CC(=O)O)s1. The molecule has 1 aromatic heterocycles. The average Bonchev–Trinajstić information content (AvgIpc) is 2.71. The Balaban J connectivity index is 2.40. The Kier molecular flexibility index (Phi) is 6.22. The van der Waals surface area contributed by atoms with Gasteiger partial charge in [0, 0.05) is 22.3 Å². The Morgan fingerprint density at radius 2 is 2.12 bits per heavy atom. The molecule has 17 heavy (non-hydrogen) atoms. The Morgan fingerprint density at radius 3 is 2.71 bits per heavy atom. The van der Waals surface area contributed by atoms with E-state index in [2.05, 4.69) is 19.2 Å². The second kappa shape index (κ2) is 7.45. The molecular weight excluding hydrogens is 234 g/mol. The quantitative estimate of drug-likeness (QED) is 0.750. The van der Waals surface area contributed by atoms with Crippen LogP contribution in [-0.2, 0) is 17.8 Å². The highest BCUT2D eigenvalue weighted by Gasteiger charge is 2.07. The lowest BCUT2D eigenvalue weighted by molar-refractivity contribution is -0.136. The summed E-state index contributed by atoms with van der Waals surface area (Å²) in [6, 6.07) is 4.51. The lowest BCUT2D eigenvalue weighted by atomic mass is 10.1. The van der Waals surface area contributed by atoms with Crippen molar-refractivity contribution in [3.05, 3.63) is 21.9 Å². The van der Waals surface area contributed by atoms with Crippen LogP contribution in [0.2, 0.25) is 0 Å². The molecule has 1 atom stereocenters. The number of hydrogen-bond acceptors (Lipinski definition) is 3. The summed E-state index contributed by atoms with van der Waals surface area (Å²) in [5.74, 6) is -0.760. The molecule has 0 aliphatic heterocycles. The van der Waals surface area contributed by atoms with E-state index in [0.717, 1.165) is 17.8 Å². The molecular formula is C13H21NO2S. The fourth-order valence-electron chi connectivity index (χ4n) is 1.81. The summed E-state index contributed by atoms with van der Waals surface area (Å²) in [4.78, 5) is 12.7. The standard InChI is InChI=1S/C13H21NO2S/c1-3-5-10(4-2)14-9-12-7-6-11(17-12)8-13(15)16/h6-7,10,14H,3-5,8-9H2,1-2H3,(H,15,16). The van der Waals surface area contributed by atoms with Crippen LogP contribution in [0.3, 0.4) is 0 Å². The minimum Gasteiger partial charge on any atom is -0.481 e. The van der Waals surface area contributed by atoms with Gasteiger partial charge in [0.1, 0.15) is 0 Å². The molecule has 2 N–H and O–H groups in total. The number of thiophene rings is 1. The molecule has 0 saturated carbocycles. The molecule has 96 valence electrons. The summed E-state index contributed by atoms with van der Waals surface area (Å²) in [6.07, 6.45) is 3.67. The van der Waals surface area contributed by atoms with Crippen molar-refractivity contribution in [1.29, 1.82) is 0 Å². The first-order valence-corrected chi connectivity index (χ1v) is 7.00. The molecule has 0 bridgehead atoms. The number of carboxylic acid groups (broad SMARTS) is 1. The van der Waals surface area contributed by atoms with E-state index in [1.807, 2.05) is 12.1 Å². The van der Waals surface area contributed by atoms with E-state index in [1.54, 1.807) is 11.3 Å². The van der Waals surface area contributed by atoms with Gasteiger partial charge in [-0.1, -0.05) is 20.3 Å². The number of hydrogen-bond donors (Lipinski definition) is 2. The maximum Gasteiger partial charge on any atom is 0.308 e. The van der Waals surface area contributed by atoms with Crippen molar-refractivity contribution in [2.45, 2.75) is 52.1 Å². The minimum absolute atomic E-state index is 0.136. The molecule has 1 heterocycles. The molecule has 1 rings (SSSR count). The van der Waals surface area contributed by atoms with Gasteiger partial charge >= 0.3 is 5.97 Å². The first-order chi connectivity index (χ1) is 8.15. The van der Waals surface area contributed by atoms with Crippen LogP contribution in [0.25, 0.3) is 0 Å². The van der Waals surface area contributed by atoms with E-state index < -0.39 is 5.97 Å². The molecule has 0 saturated heterocycles. The van der Waals surface area contributed by atoms with Crippen LogP contribution in [-0.4, -0.2) is 17.1 Å². The van der Waals surface area contributed by atoms with Gasteiger partial charge in [-0.25, -0.2) is 0 Å². The molecule has 0 aromatic carbocycles. The molecule has 3 nitrogen and oxygen atoms in total. The summed E-state index contributed by atoms with van der Waals surface area (Å²) < 4.78 is 0. The van der Waals surface area contributed by atoms with E-state index >= 15 is 0 Å². The number of aliphatic carboxylic acids is 1. The van der Waals surface area contributed by atoms with Crippen LogP contribution in [0.1, 0.15) is 42.9 Å². The third-order valence-electron chi connectivity index (χ3n) is 2.74. The maximum absolute atomic E-state index is 10.6. The minimum atomic E-state index is -0.760. The van der Waals surface area contributed by atoms with Crippen LogP contribution in [0.5, 0.6) is 0 Å². The average molecular weight is 255 g/mol. The van der Waals surface area contributed by atoms with Crippen LogP contribution >= 0.6 is 11.3 Å². The van der Waals surface area contributed by atoms with Crippen LogP contribution < -0.4 is 5.32 Å². The normalized spacial score (nSPS) is 12.6. The smallest absolute Gasteiger partial charge is 0.308 e. The second-order valence-electron chi connectivity index (χ2n) is 4.21. The largest absolute Gasteiger partial charge is 0.481 e. The fourth-order valence-corrected chi connectivity index (χ4v) is 2.77. The van der Waals surface area contributed by atoms with Crippen molar-refractivity contribution in [3.63, 3.8) is 0 Å². The zero-order valence-corrected chi connectivity index (χ0v) is 11.3. The summed E-state index contributed by atoms with van der Waals surface area (Å²) >= 11 is 1.59. The zero-order chi connectivity index (χ0) is 12.7. The predicted octanol–water partition coefficient (Wildman–Crippen LogP) is 3.04. The highest BCUT2D eigenvalue weighted by molar-refractivity contribution is 7.12. The van der Waals surface area contributed by atoms with Gasteiger partial charge in [0.2, 0.25) is 0 Å². The Morgan fingerprint density at radius 1 is 1.41 bits per heavy atom. The van der Waals surface area contributed by atoms with Crippen LogP contribution in [0.4, 0.5) is 0 Å². The maximum atomic E-state index is 10.6. The molecule has 0 radical (unpaired) electrons. The van der Waals surface area contributed by atoms with E-state index in [4.69, 9.17) is 5.11 Å². The molecule has 0 fully saturated rings. The van der Waals surface area contributed by atoms with E-state index in [1.165, 1.54) is 17.7 Å². The van der Waals surface area contributed by atoms with E-state index in [9.17, 15) is 4.79 Å². The number of rotatable bonds is 8. The Hall–Kier alpha value is -0.870. The zero-order valence-electron chi connectivity index (χ0n) is 10.5. The number of carbonyl (C=O) groups is 1. The topological polar surface area (TPSA) is 49.3 Å². The van der Waals surface area contributed by atoms with Gasteiger partial charge in [0.15, 0.2) is 0 Å². The van der Waals surface area contributed by atoms with Crippen molar-refractivity contribution in [2.24, 2.45) is 0 Å². The third-order valence-corrected chi connectivity index (χ3v) is 3.82. The first kappa shape index (κ1) is 14.2. The van der Waals surface area contributed by atoms with Gasteiger partial charge in [-0.3, -0.25) is 4.79 Å². The molecule has 4 heteroatoms. The van der Waals surface area contributed by atoms with Crippen molar-refractivity contribution >= 4 is 17.3 Å². The summed E-state index contributed by atoms with van der Waals surface area (Å²) in [5, 5.41) is 12.2. The van der Waals surface area contributed by atoms with Gasteiger partial charge in [-0.2, -0.15) is 0 Å². The number of nitrogens with one attached hydrogen (secondary N) is 1. The fraction of sp³-hybridized carbons (Fsp3) is 0.615. The van der Waals surface area contributed by atoms with Crippen molar-refractivity contribution in [2.75, 3.05) is 0 Å². The Labute approximate surface area is 107 Å². The highest BCUT2D eigenvalue weighted by Crippen LogP contribution is 2.17. The molecule has 1 aromatic rings. The van der Waals surface area contributed by atoms with Crippen molar-refractivity contribution < 1.29 is 9.90 Å². The van der Waals surface area contributed by atoms with Gasteiger partial charge < -0.3 is 10.4 Å². The molecule has 1 unspecified atom stereocenters. The lowest BCUT2D eigenvalue weighted by Gasteiger charge is -2.14. The molecule has 0 aliphatic carbocycles. The monoisotopic (exact) mass is 255 g/mol. The summed E-state index contributed by atoms with van der Waals surface area (Å²) in [6.45, 7) is 5.24. The van der Waals surface area contributed by atoms with E-state index in [-0.39, 0.29) is 6.42 Å². The lowest BCUT2D eigenvalue weighted by Crippen LogP contribution is -2.27. The predicted molar refractivity (Wildman–Crippen MR) is 71.5 cm³/mol. The molecule has 0 amide bonds. The van der Waals surface area contributed by atoms with Crippen LogP contribution in [0.15, 0.2) is 12.1 Å². The van der Waals surface area contributed by atoms with Gasteiger partial charge in [-0.05, 0) is 25.0 Å². The summed E-state index contributed by atoms with van der Waals surface area (Å²) in [5.41, 5.74) is 0. The third kappa shape index (κ3) is 5.33. The molecule has 0 aliphatic rings. The molecule has 0 spiro atoms. The van der Waals surface area contributed by atoms with Crippen LogP contribution in [0, 0.1) is 0 Å².